The van der Waals surface area contributed by atoms with Crippen molar-refractivity contribution in [3.8, 4) is 0 Å². The van der Waals surface area contributed by atoms with Crippen LogP contribution in [-0.2, 0) is 20.9 Å². The molecule has 0 saturated heterocycles. The molecule has 0 bridgehead atoms. The molecule has 3 rings (SSSR count). The van der Waals surface area contributed by atoms with Gasteiger partial charge in [0.2, 0.25) is 5.91 Å². The molecule has 0 aliphatic carbocycles. The number of urea groups is 1. The van der Waals surface area contributed by atoms with Crippen molar-refractivity contribution < 1.29 is 19.1 Å². The Morgan fingerprint density at radius 3 is 2.58 bits per heavy atom. The summed E-state index contributed by atoms with van der Waals surface area (Å²) < 4.78 is 4.99. The van der Waals surface area contributed by atoms with Crippen molar-refractivity contribution in [2.45, 2.75) is 25.6 Å². The smallest absolute Gasteiger partial charge is 0.328 e. The molecule has 0 fully saturated rings. The van der Waals surface area contributed by atoms with Crippen LogP contribution in [0.5, 0.6) is 0 Å². The number of carbonyl (C=O) groups excluding carboxylic acids is 3. The van der Waals surface area contributed by atoms with E-state index in [0.717, 1.165) is 16.9 Å². The second-order valence-corrected chi connectivity index (χ2v) is 8.53. The van der Waals surface area contributed by atoms with E-state index in [0.29, 0.717) is 27.9 Å². The van der Waals surface area contributed by atoms with E-state index < -0.39 is 17.3 Å². The Morgan fingerprint density at radius 2 is 1.88 bits per heavy atom. The summed E-state index contributed by atoms with van der Waals surface area (Å²) in [7, 11) is 0. The molecule has 0 radical (unpaired) electrons. The van der Waals surface area contributed by atoms with Crippen molar-refractivity contribution >= 4 is 58.4 Å². The second kappa shape index (κ2) is 11.5. The van der Waals surface area contributed by atoms with Crippen LogP contribution in [0.4, 0.5) is 21.3 Å². The molecule has 0 aliphatic heterocycles. The van der Waals surface area contributed by atoms with E-state index in [1.165, 1.54) is 13.1 Å². The molecule has 1 unspecified atom stereocenters. The number of anilines is 3. The van der Waals surface area contributed by atoms with E-state index in [-0.39, 0.29) is 12.5 Å². The molecule has 1 aromatic heterocycles. The lowest BCUT2D eigenvalue weighted by Gasteiger charge is -2.23. The third-order valence-corrected chi connectivity index (χ3v) is 6.06. The van der Waals surface area contributed by atoms with Crippen molar-refractivity contribution in [1.29, 1.82) is 0 Å². The molecule has 10 heteroatoms. The molecule has 172 valence electrons. The lowest BCUT2D eigenvalue weighted by molar-refractivity contribution is -0.142. The van der Waals surface area contributed by atoms with Crippen LogP contribution in [0.25, 0.3) is 0 Å². The average Bonchev–Trinajstić information content (AvgIpc) is 3.25. The summed E-state index contributed by atoms with van der Waals surface area (Å²) in [6, 6.07) is 16.1. The fourth-order valence-corrected chi connectivity index (χ4v) is 4.05. The van der Waals surface area contributed by atoms with Crippen LogP contribution in [-0.4, -0.2) is 29.5 Å². The molecule has 2 N–H and O–H groups in total. The van der Waals surface area contributed by atoms with Gasteiger partial charge in [0, 0.05) is 24.5 Å². The number of nitrogens with one attached hydrogen (secondary N) is 2. The first kappa shape index (κ1) is 24.3. The molecule has 0 saturated carbocycles. The second-order valence-electron chi connectivity index (χ2n) is 6.96. The van der Waals surface area contributed by atoms with Crippen molar-refractivity contribution in [3.05, 3.63) is 71.2 Å². The van der Waals surface area contributed by atoms with Gasteiger partial charge in [-0.3, -0.25) is 19.8 Å². The third-order valence-electron chi connectivity index (χ3n) is 4.42. The van der Waals surface area contributed by atoms with E-state index in [1.807, 2.05) is 30.3 Å². The Bertz CT molecular complexity index is 1120. The number of benzene rings is 2. The monoisotopic (exact) mass is 484 g/mol. The van der Waals surface area contributed by atoms with Gasteiger partial charge in [-0.1, -0.05) is 47.7 Å². The van der Waals surface area contributed by atoms with Gasteiger partial charge < -0.3 is 10.1 Å². The van der Waals surface area contributed by atoms with Crippen LogP contribution < -0.4 is 15.5 Å². The van der Waals surface area contributed by atoms with Crippen LogP contribution >= 0.6 is 24.0 Å². The Morgan fingerprint density at radius 1 is 1.12 bits per heavy atom. The van der Waals surface area contributed by atoms with Crippen LogP contribution in [0.3, 0.4) is 0 Å². The van der Waals surface area contributed by atoms with Gasteiger partial charge in [0.1, 0.15) is 5.25 Å². The van der Waals surface area contributed by atoms with Crippen molar-refractivity contribution in [2.75, 3.05) is 22.1 Å². The number of ether oxygens (including phenoxy) is 1. The normalized spacial score (nSPS) is 11.4. The number of nitrogens with zero attached hydrogens (tertiary/aromatic N) is 2. The highest BCUT2D eigenvalue weighted by Gasteiger charge is 2.22. The topological polar surface area (TPSA) is 101 Å². The Balaban J connectivity index is 1.83. The zero-order valence-corrected chi connectivity index (χ0v) is 19.9. The molecule has 2 aromatic carbocycles. The third kappa shape index (κ3) is 6.80. The fourth-order valence-electron chi connectivity index (χ4n) is 2.97. The number of amides is 3. The van der Waals surface area contributed by atoms with E-state index in [1.54, 1.807) is 36.1 Å². The number of carbonyl (C=O) groups is 3. The number of rotatable bonds is 8. The maximum absolute atomic E-state index is 13.2. The van der Waals surface area contributed by atoms with Gasteiger partial charge in [-0.05, 0) is 30.7 Å². The Hall–Kier alpha value is -3.37. The number of aromatic nitrogens is 1. The summed E-state index contributed by atoms with van der Waals surface area (Å²) >= 11 is 5.44. The van der Waals surface area contributed by atoms with Crippen molar-refractivity contribution in [2.24, 2.45) is 0 Å². The quantitative estimate of drug-likeness (QED) is 0.313. The first-order valence-corrected chi connectivity index (χ1v) is 11.5. The highest BCUT2D eigenvalue weighted by molar-refractivity contribution is 7.81. The van der Waals surface area contributed by atoms with Gasteiger partial charge in [0.25, 0.3) is 0 Å². The summed E-state index contributed by atoms with van der Waals surface area (Å²) in [5.41, 5.74) is 2.10. The zero-order chi connectivity index (χ0) is 23.8. The minimum atomic E-state index is -0.775. The van der Waals surface area contributed by atoms with Gasteiger partial charge in [-0.15, -0.1) is 0 Å². The zero-order valence-electron chi connectivity index (χ0n) is 18.1. The standard InChI is InChI=1S/C23H24N4O4S2/c1-3-31-21(29)20(32)19-13-24-22(33-19)26-23(30)27(14-16-8-5-4-6-9-16)18-11-7-10-17(12-18)25-15(2)28/h4-13,20,32H,3,14H2,1-2H3,(H,25,28)(H,24,26,30). The molecule has 0 aliphatic rings. The van der Waals surface area contributed by atoms with Gasteiger partial charge in [0.15, 0.2) is 5.13 Å². The highest BCUT2D eigenvalue weighted by Crippen LogP contribution is 2.30. The number of hydrogen-bond acceptors (Lipinski definition) is 7. The predicted octanol–water partition coefficient (Wildman–Crippen LogP) is 4.87. The number of hydrogen-bond donors (Lipinski definition) is 3. The summed E-state index contributed by atoms with van der Waals surface area (Å²) in [6.45, 7) is 3.70. The molecule has 1 atom stereocenters. The highest BCUT2D eigenvalue weighted by atomic mass is 32.1. The molecule has 8 nitrogen and oxygen atoms in total. The van der Waals surface area contributed by atoms with Gasteiger partial charge in [0.05, 0.1) is 18.0 Å². The van der Waals surface area contributed by atoms with Gasteiger partial charge in [-0.2, -0.15) is 12.6 Å². The number of thiol groups is 1. The Labute approximate surface area is 201 Å². The lowest BCUT2D eigenvalue weighted by atomic mass is 10.2. The van der Waals surface area contributed by atoms with Crippen LogP contribution in [0.1, 0.15) is 29.5 Å². The van der Waals surface area contributed by atoms with Crippen LogP contribution in [0.15, 0.2) is 60.8 Å². The molecule has 3 amide bonds. The SMILES string of the molecule is CCOC(=O)C(S)c1cnc(NC(=O)N(Cc2ccccc2)c2cccc(NC(C)=O)c2)s1. The van der Waals surface area contributed by atoms with Crippen LogP contribution in [0.2, 0.25) is 0 Å². The largest absolute Gasteiger partial charge is 0.465 e. The summed E-state index contributed by atoms with van der Waals surface area (Å²) in [6.07, 6.45) is 1.49. The van der Waals surface area contributed by atoms with E-state index in [4.69, 9.17) is 4.74 Å². The van der Waals surface area contributed by atoms with Crippen LogP contribution in [0, 0.1) is 0 Å². The lowest BCUT2D eigenvalue weighted by Crippen LogP contribution is -2.34. The predicted molar refractivity (Wildman–Crippen MR) is 133 cm³/mol. The maximum Gasteiger partial charge on any atom is 0.328 e. The molecule has 3 aromatic rings. The number of esters is 1. The maximum atomic E-state index is 13.2. The molecule has 1 heterocycles. The van der Waals surface area contributed by atoms with E-state index in [9.17, 15) is 14.4 Å². The minimum Gasteiger partial charge on any atom is -0.465 e. The average molecular weight is 485 g/mol. The van der Waals surface area contributed by atoms with Crippen molar-refractivity contribution in [1.82, 2.24) is 4.98 Å². The summed E-state index contributed by atoms with van der Waals surface area (Å²) in [5, 5.41) is 5.07. The van der Waals surface area contributed by atoms with Gasteiger partial charge in [-0.25, -0.2) is 9.78 Å². The van der Waals surface area contributed by atoms with E-state index >= 15 is 0 Å². The number of thiazole rings is 1. The molecular weight excluding hydrogens is 460 g/mol. The summed E-state index contributed by atoms with van der Waals surface area (Å²) in [5.74, 6) is -0.674. The van der Waals surface area contributed by atoms with E-state index in [2.05, 4.69) is 28.2 Å². The molecule has 33 heavy (non-hydrogen) atoms. The molecular formula is C23H24N4O4S2. The summed E-state index contributed by atoms with van der Waals surface area (Å²) in [4.78, 5) is 43.0. The van der Waals surface area contributed by atoms with Gasteiger partial charge >= 0.3 is 12.0 Å². The first-order chi connectivity index (χ1) is 15.9. The van der Waals surface area contributed by atoms with Crippen molar-refractivity contribution in [3.63, 3.8) is 0 Å². The minimum absolute atomic E-state index is 0.204. The molecule has 0 spiro atoms. The Kier molecular flexibility index (Phi) is 8.45. The fraction of sp³-hybridized carbons (Fsp3) is 0.217. The first-order valence-electron chi connectivity index (χ1n) is 10.2.